The second-order valence-electron chi connectivity index (χ2n) is 4.21. The summed E-state index contributed by atoms with van der Waals surface area (Å²) in [4.78, 5) is 3.87. The fourth-order valence-electron chi connectivity index (χ4n) is 1.55. The van der Waals surface area contributed by atoms with E-state index in [1.54, 1.807) is 0 Å². The zero-order chi connectivity index (χ0) is 14.3. The van der Waals surface area contributed by atoms with Crippen LogP contribution in [-0.2, 0) is 6.54 Å². The number of guanidine groups is 1. The number of rotatable bonds is 4. The molecule has 0 aliphatic rings. The maximum Gasteiger partial charge on any atom is 0.390 e. The Bertz CT molecular complexity index is 433. The van der Waals surface area contributed by atoms with Gasteiger partial charge in [-0.3, -0.25) is 4.99 Å². The second kappa shape index (κ2) is 9.04. The summed E-state index contributed by atoms with van der Waals surface area (Å²) in [5, 5.41) is 5.60. The molecule has 0 unspecified atom stereocenters. The Morgan fingerprint density at radius 3 is 2.50 bits per heavy atom. The monoisotopic (exact) mass is 401 g/mol. The summed E-state index contributed by atoms with van der Waals surface area (Å²) in [6, 6.07) is 7.88. The molecule has 0 aliphatic heterocycles. The summed E-state index contributed by atoms with van der Waals surface area (Å²) in [5.41, 5.74) is 2.19. The van der Waals surface area contributed by atoms with Crippen LogP contribution in [0.3, 0.4) is 0 Å². The second-order valence-corrected chi connectivity index (χ2v) is 4.21. The van der Waals surface area contributed by atoms with Gasteiger partial charge in [0, 0.05) is 20.1 Å². The summed E-state index contributed by atoms with van der Waals surface area (Å²) in [6.07, 6.45) is -5.03. The lowest BCUT2D eigenvalue weighted by Crippen LogP contribution is -2.38. The van der Waals surface area contributed by atoms with E-state index >= 15 is 0 Å². The number of hydrogen-bond acceptors (Lipinski definition) is 1. The Morgan fingerprint density at radius 2 is 1.95 bits per heavy atom. The van der Waals surface area contributed by atoms with E-state index in [0.29, 0.717) is 12.5 Å². The van der Waals surface area contributed by atoms with Crippen molar-refractivity contribution < 1.29 is 13.2 Å². The van der Waals surface area contributed by atoms with Gasteiger partial charge in [0.15, 0.2) is 5.96 Å². The van der Waals surface area contributed by atoms with Crippen molar-refractivity contribution in [1.82, 2.24) is 10.6 Å². The van der Waals surface area contributed by atoms with Crippen molar-refractivity contribution in [2.24, 2.45) is 4.99 Å². The third-order valence-corrected chi connectivity index (χ3v) is 2.47. The zero-order valence-electron chi connectivity index (χ0n) is 11.4. The first kappa shape index (κ1) is 19.0. The lowest BCUT2D eigenvalue weighted by molar-refractivity contribution is -0.132. The molecule has 7 heteroatoms. The molecule has 1 rings (SSSR count). The van der Waals surface area contributed by atoms with Crippen LogP contribution in [0.4, 0.5) is 13.2 Å². The first-order valence-electron chi connectivity index (χ1n) is 5.97. The van der Waals surface area contributed by atoms with Crippen LogP contribution in [0.1, 0.15) is 17.5 Å². The molecule has 0 heterocycles. The van der Waals surface area contributed by atoms with E-state index in [0.717, 1.165) is 11.1 Å². The van der Waals surface area contributed by atoms with Crippen molar-refractivity contribution in [3.05, 3.63) is 35.4 Å². The summed E-state index contributed by atoms with van der Waals surface area (Å²) in [5.74, 6) is 0.366. The van der Waals surface area contributed by atoms with Gasteiger partial charge in [-0.15, -0.1) is 24.0 Å². The van der Waals surface area contributed by atoms with Crippen LogP contribution < -0.4 is 10.6 Å². The molecule has 0 aliphatic carbocycles. The molecule has 0 atom stereocenters. The van der Waals surface area contributed by atoms with E-state index in [1.165, 1.54) is 7.05 Å². The average molecular weight is 401 g/mol. The van der Waals surface area contributed by atoms with Gasteiger partial charge in [0.05, 0.1) is 6.42 Å². The summed E-state index contributed by atoms with van der Waals surface area (Å²) in [7, 11) is 1.53. The average Bonchev–Trinajstić information content (AvgIpc) is 2.32. The van der Waals surface area contributed by atoms with Crippen molar-refractivity contribution >= 4 is 29.9 Å². The fraction of sp³-hybridized carbons (Fsp3) is 0.462. The summed E-state index contributed by atoms with van der Waals surface area (Å²) in [6.45, 7) is 2.32. The topological polar surface area (TPSA) is 36.4 Å². The first-order chi connectivity index (χ1) is 8.90. The van der Waals surface area contributed by atoms with Crippen molar-refractivity contribution in [1.29, 1.82) is 0 Å². The first-order valence-corrected chi connectivity index (χ1v) is 5.97. The van der Waals surface area contributed by atoms with Gasteiger partial charge in [0.25, 0.3) is 0 Å². The molecule has 1 aromatic rings. The van der Waals surface area contributed by atoms with Gasteiger partial charge in [-0.2, -0.15) is 13.2 Å². The van der Waals surface area contributed by atoms with Gasteiger partial charge < -0.3 is 10.6 Å². The minimum absolute atomic E-state index is 0. The number of benzene rings is 1. The van der Waals surface area contributed by atoms with Gasteiger partial charge in [0.2, 0.25) is 0 Å². The van der Waals surface area contributed by atoms with Crippen molar-refractivity contribution in [2.75, 3.05) is 13.6 Å². The number of nitrogens with zero attached hydrogens (tertiary/aromatic N) is 1. The smallest absolute Gasteiger partial charge is 0.356 e. The number of hydrogen-bond donors (Lipinski definition) is 2. The predicted octanol–water partition coefficient (Wildman–Crippen LogP) is 3.23. The zero-order valence-corrected chi connectivity index (χ0v) is 13.8. The molecule has 1 aromatic carbocycles. The molecule has 0 aromatic heterocycles. The molecule has 3 nitrogen and oxygen atoms in total. The van der Waals surface area contributed by atoms with E-state index in [2.05, 4.69) is 15.6 Å². The summed E-state index contributed by atoms with van der Waals surface area (Å²) >= 11 is 0. The minimum Gasteiger partial charge on any atom is -0.356 e. The highest BCUT2D eigenvalue weighted by atomic mass is 127. The van der Waals surface area contributed by atoms with Gasteiger partial charge in [-0.25, -0.2) is 0 Å². The van der Waals surface area contributed by atoms with Crippen LogP contribution in [0.25, 0.3) is 0 Å². The maximum absolute atomic E-state index is 12.0. The van der Waals surface area contributed by atoms with Gasteiger partial charge in [-0.05, 0) is 12.5 Å². The predicted molar refractivity (Wildman–Crippen MR) is 85.5 cm³/mol. The van der Waals surface area contributed by atoms with Crippen LogP contribution in [0, 0.1) is 6.92 Å². The fourth-order valence-corrected chi connectivity index (χ4v) is 1.55. The highest BCUT2D eigenvalue weighted by Gasteiger charge is 2.26. The summed E-state index contributed by atoms with van der Waals surface area (Å²) < 4.78 is 36.0. The van der Waals surface area contributed by atoms with Crippen molar-refractivity contribution in [3.63, 3.8) is 0 Å². The van der Waals surface area contributed by atoms with E-state index in [1.807, 2.05) is 31.2 Å². The van der Waals surface area contributed by atoms with E-state index in [9.17, 15) is 13.2 Å². The van der Waals surface area contributed by atoms with Crippen LogP contribution in [0.15, 0.2) is 29.3 Å². The quantitative estimate of drug-likeness (QED) is 0.462. The van der Waals surface area contributed by atoms with Crippen LogP contribution in [0.5, 0.6) is 0 Å². The Balaban J connectivity index is 0.00000361. The molecule has 0 radical (unpaired) electrons. The Hall–Kier alpha value is -0.990. The van der Waals surface area contributed by atoms with Gasteiger partial charge in [0.1, 0.15) is 0 Å². The van der Waals surface area contributed by atoms with Crippen molar-refractivity contribution in [3.8, 4) is 0 Å². The normalized spacial score (nSPS) is 11.8. The maximum atomic E-state index is 12.0. The molecule has 0 spiro atoms. The largest absolute Gasteiger partial charge is 0.390 e. The molecule has 20 heavy (non-hydrogen) atoms. The number of aliphatic imine (C=N–C) groups is 1. The SMILES string of the molecule is CN=C(NCCC(F)(F)F)NCc1cccc(C)c1.I. The molecular weight excluding hydrogens is 382 g/mol. The molecule has 0 amide bonds. The van der Waals surface area contributed by atoms with Crippen LogP contribution in [0.2, 0.25) is 0 Å². The Morgan fingerprint density at radius 1 is 1.25 bits per heavy atom. The third-order valence-electron chi connectivity index (χ3n) is 2.47. The highest BCUT2D eigenvalue weighted by molar-refractivity contribution is 14.0. The van der Waals surface area contributed by atoms with Crippen LogP contribution in [-0.4, -0.2) is 25.7 Å². The molecule has 2 N–H and O–H groups in total. The third kappa shape index (κ3) is 8.23. The molecule has 114 valence electrons. The molecular formula is C13H19F3IN3. The standard InChI is InChI=1S/C13H18F3N3.HI/c1-10-4-3-5-11(8-10)9-19-12(17-2)18-7-6-13(14,15)16;/h3-5,8H,6-7,9H2,1-2H3,(H2,17,18,19);1H. The number of alkyl halides is 3. The lowest BCUT2D eigenvalue weighted by Gasteiger charge is -2.13. The van der Waals surface area contributed by atoms with Gasteiger partial charge >= 0.3 is 6.18 Å². The Labute approximate surface area is 134 Å². The van der Waals surface area contributed by atoms with Crippen molar-refractivity contribution in [2.45, 2.75) is 26.1 Å². The lowest BCUT2D eigenvalue weighted by atomic mass is 10.1. The van der Waals surface area contributed by atoms with E-state index < -0.39 is 12.6 Å². The Kier molecular flexibility index (Phi) is 8.59. The van der Waals surface area contributed by atoms with E-state index in [-0.39, 0.29) is 30.5 Å². The van der Waals surface area contributed by atoms with Crippen LogP contribution >= 0.6 is 24.0 Å². The van der Waals surface area contributed by atoms with E-state index in [4.69, 9.17) is 0 Å². The molecule has 0 bridgehead atoms. The molecule has 0 saturated heterocycles. The molecule has 0 saturated carbocycles. The highest BCUT2D eigenvalue weighted by Crippen LogP contribution is 2.18. The number of nitrogens with one attached hydrogen (secondary N) is 2. The van der Waals surface area contributed by atoms with Gasteiger partial charge in [-0.1, -0.05) is 29.8 Å². The molecule has 0 fully saturated rings. The number of aryl methyl sites for hydroxylation is 1. The number of halogens is 4. The minimum atomic E-state index is -4.15.